The first-order chi connectivity index (χ1) is 17.7. The van der Waals surface area contributed by atoms with Gasteiger partial charge in [-0.15, -0.1) is 0 Å². The van der Waals surface area contributed by atoms with Crippen molar-refractivity contribution in [2.45, 2.75) is 42.6 Å². The highest BCUT2D eigenvalue weighted by Gasteiger charge is 2.71. The summed E-state index contributed by atoms with van der Waals surface area (Å²) in [4.78, 5) is 18.6. The van der Waals surface area contributed by atoms with Crippen LogP contribution >= 0.6 is 0 Å². The normalized spacial score (nSPS) is 20.6. The molecule has 0 bridgehead atoms. The Hall–Kier alpha value is -3.47. The van der Waals surface area contributed by atoms with Gasteiger partial charge < -0.3 is 10.0 Å². The molecule has 2 atom stereocenters. The fourth-order valence-electron chi connectivity index (χ4n) is 5.01. The van der Waals surface area contributed by atoms with E-state index in [2.05, 4.69) is 4.98 Å². The number of nitrogens with zero attached hydrogens (tertiary/aromatic N) is 2. The molecule has 0 saturated carbocycles. The molecule has 4 rings (SSSR count). The van der Waals surface area contributed by atoms with Gasteiger partial charge in [-0.25, -0.2) is 4.39 Å². The zero-order valence-corrected chi connectivity index (χ0v) is 20.0. The van der Waals surface area contributed by atoms with Gasteiger partial charge in [0.05, 0.1) is 6.42 Å². The molecule has 1 fully saturated rings. The number of pyridine rings is 1. The predicted octanol–water partition coefficient (Wildman–Crippen LogP) is 5.66. The van der Waals surface area contributed by atoms with Gasteiger partial charge in [0.1, 0.15) is 5.82 Å². The smallest absolute Gasteiger partial charge is 0.369 e. The SMILES string of the molecule is C[C@]1(c2ccc(F)cc2)CN(C(=O)Cc2ccncc2)C[C@H]1c1ccc(C(O)(C(F)(F)F)C(F)(F)F)cc1. The van der Waals surface area contributed by atoms with Gasteiger partial charge in [-0.2, -0.15) is 26.3 Å². The van der Waals surface area contributed by atoms with E-state index in [1.54, 1.807) is 48.5 Å². The standard InChI is InChI=1S/C27H23F7N2O2/c1-24(19-6-8-21(28)9-7-19)16-36(23(37)14-17-10-12-35-13-11-17)15-22(24)18-2-4-20(5-3-18)25(38,26(29,30)31)27(32,33)34/h2-13,22,38H,14-16H2,1H3/t22-,24+/m0/s1. The molecular weight excluding hydrogens is 517 g/mol. The van der Waals surface area contributed by atoms with Crippen molar-refractivity contribution in [2.24, 2.45) is 0 Å². The number of carbonyl (C=O) groups is 1. The number of likely N-dealkylation sites (tertiary alicyclic amines) is 1. The summed E-state index contributed by atoms with van der Waals surface area (Å²) in [7, 11) is 0. The zero-order chi connectivity index (χ0) is 27.9. The van der Waals surface area contributed by atoms with Crippen LogP contribution in [0.3, 0.4) is 0 Å². The summed E-state index contributed by atoms with van der Waals surface area (Å²) in [6, 6.07) is 12.3. The summed E-state index contributed by atoms with van der Waals surface area (Å²) >= 11 is 0. The van der Waals surface area contributed by atoms with Crippen LogP contribution in [0.15, 0.2) is 73.1 Å². The molecule has 1 saturated heterocycles. The van der Waals surface area contributed by atoms with Crippen LogP contribution in [0.1, 0.15) is 35.1 Å². The van der Waals surface area contributed by atoms with Crippen LogP contribution in [0.25, 0.3) is 0 Å². The first-order valence-electron chi connectivity index (χ1n) is 11.6. The fourth-order valence-corrected chi connectivity index (χ4v) is 5.01. The van der Waals surface area contributed by atoms with E-state index < -0.39 is 40.7 Å². The van der Waals surface area contributed by atoms with Crippen molar-refractivity contribution in [1.29, 1.82) is 0 Å². The van der Waals surface area contributed by atoms with E-state index in [-0.39, 0.29) is 25.4 Å². The van der Waals surface area contributed by atoms with E-state index in [1.807, 2.05) is 0 Å². The summed E-state index contributed by atoms with van der Waals surface area (Å²) < 4.78 is 93.6. The Morgan fingerprint density at radius 2 is 1.50 bits per heavy atom. The number of carbonyl (C=O) groups excluding carboxylic acids is 1. The Balaban J connectivity index is 1.71. The number of amides is 1. The van der Waals surface area contributed by atoms with Crippen molar-refractivity contribution in [3.8, 4) is 0 Å². The van der Waals surface area contributed by atoms with Crippen LogP contribution in [0.2, 0.25) is 0 Å². The third-order valence-electron chi connectivity index (χ3n) is 7.20. The maximum atomic E-state index is 13.6. The van der Waals surface area contributed by atoms with Gasteiger partial charge in [-0.1, -0.05) is 43.3 Å². The zero-order valence-electron chi connectivity index (χ0n) is 20.0. The van der Waals surface area contributed by atoms with Gasteiger partial charge in [0.25, 0.3) is 5.60 Å². The average molecular weight is 540 g/mol. The van der Waals surface area contributed by atoms with Crippen LogP contribution in [-0.2, 0) is 22.2 Å². The van der Waals surface area contributed by atoms with Crippen LogP contribution in [0.5, 0.6) is 0 Å². The van der Waals surface area contributed by atoms with E-state index in [0.717, 1.165) is 17.7 Å². The van der Waals surface area contributed by atoms with Crippen LogP contribution in [0.4, 0.5) is 30.7 Å². The van der Waals surface area contributed by atoms with Crippen molar-refractivity contribution in [3.05, 3.63) is 101 Å². The molecule has 38 heavy (non-hydrogen) atoms. The molecule has 0 aliphatic carbocycles. The van der Waals surface area contributed by atoms with Crippen molar-refractivity contribution in [3.63, 3.8) is 0 Å². The summed E-state index contributed by atoms with van der Waals surface area (Å²) in [6.45, 7) is 2.12. The summed E-state index contributed by atoms with van der Waals surface area (Å²) in [5.41, 5.74) is -5.51. The van der Waals surface area contributed by atoms with Gasteiger partial charge in [0.2, 0.25) is 5.91 Å². The highest BCUT2D eigenvalue weighted by Crippen LogP contribution is 2.51. The van der Waals surface area contributed by atoms with Gasteiger partial charge in [0, 0.05) is 42.4 Å². The minimum Gasteiger partial charge on any atom is -0.369 e. The lowest BCUT2D eigenvalue weighted by atomic mass is 9.71. The Morgan fingerprint density at radius 3 is 2.03 bits per heavy atom. The molecule has 202 valence electrons. The van der Waals surface area contributed by atoms with Gasteiger partial charge in [-0.3, -0.25) is 9.78 Å². The molecule has 0 radical (unpaired) electrons. The highest BCUT2D eigenvalue weighted by atomic mass is 19.4. The number of rotatable bonds is 5. The Morgan fingerprint density at radius 1 is 0.947 bits per heavy atom. The Labute approximate surface area is 213 Å². The number of hydrogen-bond donors (Lipinski definition) is 1. The number of hydrogen-bond acceptors (Lipinski definition) is 3. The monoisotopic (exact) mass is 540 g/mol. The van der Waals surface area contributed by atoms with Crippen molar-refractivity contribution in [1.82, 2.24) is 9.88 Å². The highest BCUT2D eigenvalue weighted by molar-refractivity contribution is 5.79. The molecule has 1 aliphatic rings. The summed E-state index contributed by atoms with van der Waals surface area (Å²) in [6.07, 6.45) is -8.85. The van der Waals surface area contributed by atoms with Crippen LogP contribution in [-0.4, -0.2) is 46.3 Å². The lowest BCUT2D eigenvalue weighted by molar-refractivity contribution is -0.376. The second-order valence-corrected chi connectivity index (χ2v) is 9.61. The molecule has 4 nitrogen and oxygen atoms in total. The third-order valence-corrected chi connectivity index (χ3v) is 7.20. The lowest BCUT2D eigenvalue weighted by Gasteiger charge is -2.34. The number of alkyl halides is 6. The van der Waals surface area contributed by atoms with Gasteiger partial charge in [0.15, 0.2) is 0 Å². The number of aliphatic hydroxyl groups is 1. The van der Waals surface area contributed by atoms with Gasteiger partial charge >= 0.3 is 12.4 Å². The largest absolute Gasteiger partial charge is 0.430 e. The predicted molar refractivity (Wildman–Crippen MR) is 123 cm³/mol. The molecule has 2 heterocycles. The first kappa shape index (κ1) is 27.6. The van der Waals surface area contributed by atoms with Crippen molar-refractivity contribution < 1.29 is 40.6 Å². The van der Waals surface area contributed by atoms with E-state index in [9.17, 15) is 40.6 Å². The summed E-state index contributed by atoms with van der Waals surface area (Å²) in [5, 5.41) is 9.73. The van der Waals surface area contributed by atoms with Crippen molar-refractivity contribution in [2.75, 3.05) is 13.1 Å². The van der Waals surface area contributed by atoms with Crippen molar-refractivity contribution >= 4 is 5.91 Å². The first-order valence-corrected chi connectivity index (χ1v) is 11.6. The molecule has 1 aromatic heterocycles. The minimum absolute atomic E-state index is 0.0673. The van der Waals surface area contributed by atoms with Crippen LogP contribution < -0.4 is 0 Å². The van der Waals surface area contributed by atoms with E-state index in [0.29, 0.717) is 23.3 Å². The van der Waals surface area contributed by atoms with E-state index >= 15 is 0 Å². The van der Waals surface area contributed by atoms with Gasteiger partial charge in [-0.05, 0) is 41.0 Å². The number of halogens is 7. The molecule has 3 aromatic rings. The number of benzene rings is 2. The number of aromatic nitrogens is 1. The molecule has 2 aromatic carbocycles. The second-order valence-electron chi connectivity index (χ2n) is 9.61. The molecule has 11 heteroatoms. The van der Waals surface area contributed by atoms with E-state index in [4.69, 9.17) is 0 Å². The maximum absolute atomic E-state index is 13.6. The fraction of sp³-hybridized carbons (Fsp3) is 0.333. The average Bonchev–Trinajstić information content (AvgIpc) is 3.22. The minimum atomic E-state index is -6.00. The van der Waals surface area contributed by atoms with E-state index in [1.165, 1.54) is 12.1 Å². The molecule has 1 N–H and O–H groups in total. The molecule has 0 spiro atoms. The molecule has 1 amide bonds. The summed E-state index contributed by atoms with van der Waals surface area (Å²) in [5.74, 6) is -1.26. The lowest BCUT2D eigenvalue weighted by Crippen LogP contribution is -2.53. The topological polar surface area (TPSA) is 53.4 Å². The second kappa shape index (κ2) is 9.68. The third kappa shape index (κ3) is 4.87. The molecule has 1 aliphatic heterocycles. The molecule has 0 unspecified atom stereocenters. The molecular formula is C27H23F7N2O2. The van der Waals surface area contributed by atoms with Crippen LogP contribution in [0, 0.1) is 5.82 Å². The quantitative estimate of drug-likeness (QED) is 0.425. The Bertz CT molecular complexity index is 1260. The maximum Gasteiger partial charge on any atom is 0.430 e. The Kier molecular flexibility index (Phi) is 7.02.